The second-order valence-corrected chi connectivity index (χ2v) is 11.6. The van der Waals surface area contributed by atoms with Crippen LogP contribution in [0.5, 0.6) is 0 Å². The third kappa shape index (κ3) is 21.0. The third-order valence-corrected chi connectivity index (χ3v) is 6.11. The minimum Gasteiger partial charge on any atom is -0.779 e. The van der Waals surface area contributed by atoms with Gasteiger partial charge in [-0.3, -0.25) is 0 Å². The average molecular weight is 514 g/mol. The number of quaternary nitrogens is 2. The largest absolute Gasteiger partial charge is 0.779 e. The molecule has 0 aliphatic carbocycles. The van der Waals surface area contributed by atoms with Gasteiger partial charge in [0.1, 0.15) is 15.2 Å². The summed E-state index contributed by atoms with van der Waals surface area (Å²) in [5, 5.41) is 17.5. The lowest BCUT2D eigenvalue weighted by Crippen LogP contribution is -2.69. The fraction of sp³-hybridized carbons (Fsp3) is 0.875. The van der Waals surface area contributed by atoms with E-state index in [0.717, 1.165) is 0 Å². The molecule has 14 N–H and O–H groups in total. The Morgan fingerprint density at radius 3 is 1.09 bits per heavy atom. The molecule has 0 spiro atoms. The van der Waals surface area contributed by atoms with Gasteiger partial charge in [-0.15, -0.1) is 0 Å². The zero-order chi connectivity index (χ0) is 24.4. The normalized spacial score (nSPS) is 18.4. The second-order valence-electron chi connectivity index (χ2n) is 8.31. The number of carbonyl (C=O) groups is 2. The Bertz CT molecular complexity index is 581. The van der Waals surface area contributed by atoms with Gasteiger partial charge in [-0.25, -0.2) is 9.59 Å². The summed E-state index contributed by atoms with van der Waals surface area (Å²) < 4.78 is 21.4. The molecule has 0 amide bonds. The van der Waals surface area contributed by atoms with Gasteiger partial charge in [-0.05, 0) is 24.7 Å². The highest BCUT2D eigenvalue weighted by molar-refractivity contribution is 7.50. The molecule has 16 heteroatoms. The quantitative estimate of drug-likeness (QED) is 0.138. The average Bonchev–Trinajstić information content (AvgIpc) is 2.48. The molecule has 196 valence electrons. The Kier molecular flexibility index (Phi) is 20.0. The Labute approximate surface area is 187 Å². The van der Waals surface area contributed by atoms with Crippen LogP contribution >= 0.6 is 15.2 Å². The van der Waals surface area contributed by atoms with Gasteiger partial charge >= 0.3 is 11.9 Å². The fourth-order valence-electron chi connectivity index (χ4n) is 2.94. The SMILES string of the molecule is CC(C)C[C@@H](CP(=O)([O-])O)[C@H]([NH3+])C(=O)O.CC(C)C[C@@H](CP(=O)([O-])O)[C@H]([NH3+])C(=O)O.O.O. The van der Waals surface area contributed by atoms with Gasteiger partial charge in [0.2, 0.25) is 0 Å². The zero-order valence-electron chi connectivity index (χ0n) is 18.8. The van der Waals surface area contributed by atoms with Crippen LogP contribution in [0.15, 0.2) is 0 Å². The van der Waals surface area contributed by atoms with Gasteiger partial charge in [-0.1, -0.05) is 27.7 Å². The first-order valence-electron chi connectivity index (χ1n) is 9.44. The van der Waals surface area contributed by atoms with Crippen molar-refractivity contribution in [1.82, 2.24) is 0 Å². The van der Waals surface area contributed by atoms with Gasteiger partial charge in [0.25, 0.3) is 0 Å². The van der Waals surface area contributed by atoms with Crippen molar-refractivity contribution < 1.29 is 70.9 Å². The summed E-state index contributed by atoms with van der Waals surface area (Å²) >= 11 is 0. The van der Waals surface area contributed by atoms with Crippen molar-refractivity contribution in [3.63, 3.8) is 0 Å². The summed E-state index contributed by atoms with van der Waals surface area (Å²) in [5.41, 5.74) is 6.81. The van der Waals surface area contributed by atoms with Crippen LogP contribution < -0.4 is 21.3 Å². The summed E-state index contributed by atoms with van der Waals surface area (Å²) in [6.07, 6.45) is -0.224. The summed E-state index contributed by atoms with van der Waals surface area (Å²) in [7, 11) is -8.85. The first-order chi connectivity index (χ1) is 13.3. The van der Waals surface area contributed by atoms with Gasteiger partial charge in [0, 0.05) is 24.2 Å². The maximum atomic E-state index is 10.7. The van der Waals surface area contributed by atoms with Gasteiger partial charge in [-0.2, -0.15) is 0 Å². The second kappa shape index (κ2) is 16.7. The predicted molar refractivity (Wildman–Crippen MR) is 111 cm³/mol. The smallest absolute Gasteiger partial charge is 0.362 e. The van der Waals surface area contributed by atoms with Crippen LogP contribution in [0, 0.1) is 23.7 Å². The molecule has 0 bridgehead atoms. The number of aliphatic carboxylic acids is 2. The lowest BCUT2D eigenvalue weighted by molar-refractivity contribution is -0.420. The minimum atomic E-state index is -4.42. The van der Waals surface area contributed by atoms with E-state index in [2.05, 4.69) is 11.5 Å². The number of hydrogen-bond acceptors (Lipinski definition) is 6. The standard InChI is InChI=1S/2C8H18NO5P.2H2O/c2*1-5(2)3-6(4-15(12,13)14)7(9)8(10)11;;/h2*5-7H,3-4,9H2,1-2H3,(H,10,11)(H2,12,13,14);2*1H2/t2*6-,7-;;/m00../s1. The van der Waals surface area contributed by atoms with Crippen molar-refractivity contribution in [1.29, 1.82) is 0 Å². The zero-order valence-corrected chi connectivity index (χ0v) is 20.6. The van der Waals surface area contributed by atoms with E-state index < -0.39 is 63.4 Å². The van der Waals surface area contributed by atoms with Crippen LogP contribution in [0.25, 0.3) is 0 Å². The highest BCUT2D eigenvalue weighted by Crippen LogP contribution is 2.35. The molecule has 0 saturated heterocycles. The van der Waals surface area contributed by atoms with Crippen molar-refractivity contribution in [2.24, 2.45) is 23.7 Å². The van der Waals surface area contributed by atoms with Gasteiger partial charge in [0.05, 0.1) is 0 Å². The van der Waals surface area contributed by atoms with E-state index in [9.17, 15) is 28.5 Å². The molecule has 0 radical (unpaired) electrons. The number of hydrogen-bond donors (Lipinski definition) is 6. The van der Waals surface area contributed by atoms with E-state index in [1.807, 2.05) is 27.7 Å². The minimum absolute atomic E-state index is 0. The van der Waals surface area contributed by atoms with Gasteiger partial charge < -0.3 is 61.3 Å². The van der Waals surface area contributed by atoms with E-state index in [1.165, 1.54) is 0 Å². The summed E-state index contributed by atoms with van der Waals surface area (Å²) in [5.74, 6) is -3.26. The summed E-state index contributed by atoms with van der Waals surface area (Å²) in [6.45, 7) is 7.42. The molecule has 32 heavy (non-hydrogen) atoms. The van der Waals surface area contributed by atoms with E-state index >= 15 is 0 Å². The molecular formula is C16H40N2O12P2. The molecule has 0 aromatic carbocycles. The molecule has 6 atom stereocenters. The predicted octanol–water partition coefficient (Wildman–Crippen LogP) is -3.87. The van der Waals surface area contributed by atoms with Crippen LogP contribution in [-0.4, -0.2) is 67.3 Å². The molecule has 0 aliphatic heterocycles. The Balaban J connectivity index is -0.000000231. The third-order valence-electron chi connectivity index (χ3n) is 4.25. The summed E-state index contributed by atoms with van der Waals surface area (Å²) in [6, 6.07) is -2.02. The van der Waals surface area contributed by atoms with Crippen molar-refractivity contribution in [3.8, 4) is 0 Å². The molecule has 0 aromatic rings. The number of carboxylic acid groups (broad SMARTS) is 2. The lowest BCUT2D eigenvalue weighted by Gasteiger charge is -2.25. The first-order valence-corrected chi connectivity index (χ1v) is 13.0. The molecule has 0 aromatic heterocycles. The topological polar surface area (TPSA) is 314 Å². The first kappa shape index (κ1) is 38.3. The van der Waals surface area contributed by atoms with Crippen LogP contribution in [0.2, 0.25) is 0 Å². The highest BCUT2D eigenvalue weighted by atomic mass is 31.2. The fourth-order valence-corrected chi connectivity index (χ4v) is 4.93. The van der Waals surface area contributed by atoms with E-state index in [1.54, 1.807) is 0 Å². The van der Waals surface area contributed by atoms with E-state index in [4.69, 9.17) is 20.0 Å². The van der Waals surface area contributed by atoms with Crippen molar-refractivity contribution in [3.05, 3.63) is 0 Å². The number of carboxylic acids is 2. The van der Waals surface area contributed by atoms with Crippen LogP contribution in [-0.2, 0) is 18.7 Å². The maximum Gasteiger partial charge on any atom is 0.362 e. The Morgan fingerprint density at radius 1 is 0.750 bits per heavy atom. The van der Waals surface area contributed by atoms with Crippen LogP contribution in [0.1, 0.15) is 40.5 Å². The number of rotatable bonds is 12. The van der Waals surface area contributed by atoms with E-state index in [0.29, 0.717) is 12.8 Å². The molecule has 0 aliphatic rings. The molecule has 0 rings (SSSR count). The van der Waals surface area contributed by atoms with Crippen molar-refractivity contribution >= 4 is 27.1 Å². The van der Waals surface area contributed by atoms with Crippen molar-refractivity contribution in [2.45, 2.75) is 52.6 Å². The molecule has 0 fully saturated rings. The van der Waals surface area contributed by atoms with Crippen molar-refractivity contribution in [2.75, 3.05) is 12.3 Å². The molecule has 0 heterocycles. The molecular weight excluding hydrogens is 474 g/mol. The molecule has 0 saturated carbocycles. The molecule has 14 nitrogen and oxygen atoms in total. The summed E-state index contributed by atoms with van der Waals surface area (Å²) in [4.78, 5) is 60.2. The maximum absolute atomic E-state index is 10.7. The lowest BCUT2D eigenvalue weighted by atomic mass is 9.92. The molecule has 2 unspecified atom stereocenters. The van der Waals surface area contributed by atoms with Crippen LogP contribution in [0.4, 0.5) is 0 Å². The highest BCUT2D eigenvalue weighted by Gasteiger charge is 2.31. The Hall–Kier alpha value is -0.920. The van der Waals surface area contributed by atoms with Gasteiger partial charge in [0.15, 0.2) is 12.1 Å². The monoisotopic (exact) mass is 514 g/mol. The van der Waals surface area contributed by atoms with Crippen LogP contribution in [0.3, 0.4) is 0 Å². The van der Waals surface area contributed by atoms with E-state index in [-0.39, 0.29) is 22.8 Å². The Morgan fingerprint density at radius 2 is 0.969 bits per heavy atom.